The molecular weight excluding hydrogens is 921 g/mol. The molecule has 1 saturated heterocycles. The van der Waals surface area contributed by atoms with E-state index in [9.17, 15) is 53.7 Å². The number of carboxylic acids is 2. The van der Waals surface area contributed by atoms with Gasteiger partial charge >= 0.3 is 11.9 Å². The molecule has 0 aromatic heterocycles. The number of likely N-dealkylation sites (N-methyl/N-ethyl adjacent to an activating group) is 1. The van der Waals surface area contributed by atoms with Crippen molar-refractivity contribution in [1.82, 2.24) is 36.8 Å². The normalized spacial score (nSPS) is 26.5. The number of benzene rings is 1. The first-order valence-corrected chi connectivity index (χ1v) is 23.6. The average molecular weight is 997 g/mol. The fourth-order valence-electron chi connectivity index (χ4n) is 7.61. The van der Waals surface area contributed by atoms with Gasteiger partial charge in [-0.05, 0) is 57.4 Å². The molecule has 13 N–H and O–H groups in total. The summed E-state index contributed by atoms with van der Waals surface area (Å²) in [6.07, 6.45) is 3.07. The molecule has 1 aromatic rings. The topological polar surface area (TPSA) is 346 Å². The smallest absolute Gasteiger partial charge is 0.326 e. The third-order valence-corrected chi connectivity index (χ3v) is 12.1. The first-order chi connectivity index (χ1) is 33.3. The molecule has 1 fully saturated rings. The fraction of sp³-hybridized carbons (Fsp3) is 0.571. The fourth-order valence-corrected chi connectivity index (χ4v) is 7.61. The summed E-state index contributed by atoms with van der Waals surface area (Å²) in [7, 11) is 2.84. The van der Waals surface area contributed by atoms with E-state index >= 15 is 0 Å². The van der Waals surface area contributed by atoms with Crippen LogP contribution in [0.2, 0.25) is 0 Å². The van der Waals surface area contributed by atoms with Crippen LogP contribution in [0, 0.1) is 23.7 Å². The minimum atomic E-state index is -1.78. The van der Waals surface area contributed by atoms with Crippen LogP contribution in [0.25, 0.3) is 0 Å². The molecular formula is C49H76N10O12. The number of hydrogen-bond acceptors (Lipinski definition) is 12. The average Bonchev–Trinajstić information content (AvgIpc) is 3.31. The van der Waals surface area contributed by atoms with Crippen molar-refractivity contribution in [3.63, 3.8) is 0 Å². The van der Waals surface area contributed by atoms with E-state index in [0.29, 0.717) is 12.0 Å². The van der Waals surface area contributed by atoms with Crippen molar-refractivity contribution >= 4 is 53.3 Å². The molecule has 1 aliphatic heterocycles. The van der Waals surface area contributed by atoms with Gasteiger partial charge in [-0.15, -0.1) is 0 Å². The minimum Gasteiger partial charge on any atom is -0.480 e. The number of aliphatic hydroxyl groups is 1. The van der Waals surface area contributed by atoms with E-state index in [2.05, 4.69) is 43.5 Å². The second-order valence-corrected chi connectivity index (χ2v) is 18.4. The Morgan fingerprint density at radius 1 is 0.901 bits per heavy atom. The molecule has 11 atom stereocenters. The van der Waals surface area contributed by atoms with Gasteiger partial charge < -0.3 is 63.0 Å². The lowest BCUT2D eigenvalue weighted by Gasteiger charge is -2.32. The van der Waals surface area contributed by atoms with E-state index in [1.807, 2.05) is 43.3 Å². The number of carboxylic acid groups (broad SMARTS) is 2. The van der Waals surface area contributed by atoms with Gasteiger partial charge in [-0.3, -0.25) is 43.9 Å². The summed E-state index contributed by atoms with van der Waals surface area (Å²) in [5, 5.41) is 47.3. The van der Waals surface area contributed by atoms with Crippen LogP contribution in [0.1, 0.15) is 86.1 Å². The number of guanidine groups is 1. The number of nitrogens with zero attached hydrogens (tertiary/aromatic N) is 2. The predicted octanol–water partition coefficient (Wildman–Crippen LogP) is 0.410. The molecule has 71 heavy (non-hydrogen) atoms. The number of aliphatic imine (C=N–C) groups is 1. The van der Waals surface area contributed by atoms with Gasteiger partial charge in [-0.1, -0.05) is 95.3 Å². The Kier molecular flexibility index (Phi) is 25.1. The van der Waals surface area contributed by atoms with Crippen LogP contribution in [0.5, 0.6) is 0 Å². The summed E-state index contributed by atoms with van der Waals surface area (Å²) in [6, 6.07) is 1.39. The van der Waals surface area contributed by atoms with Crippen molar-refractivity contribution in [2.75, 3.05) is 20.7 Å². The van der Waals surface area contributed by atoms with Crippen LogP contribution >= 0.6 is 0 Å². The Balaban J connectivity index is 2.73. The zero-order valence-electron chi connectivity index (χ0n) is 42.3. The summed E-state index contributed by atoms with van der Waals surface area (Å²) in [5.74, 6) is -11.2. The van der Waals surface area contributed by atoms with Crippen LogP contribution < -0.4 is 43.4 Å². The third kappa shape index (κ3) is 20.3. The van der Waals surface area contributed by atoms with Gasteiger partial charge in [0.2, 0.25) is 29.5 Å². The SMILES string of the molecule is C=C1C(=O)N[C@H](C)C(=O)N[C@@H](CC(C)C)[C@H](O)N[C@@H](C(=O)O)[C@H](C)C(=O)N[C@@H](CCCN=C(N)N)C(=O)N[C@@H](/C=C/C(C)=C/[C@H](C)[C@H](Cc2ccccc2)OC)[C@H](C)C(=O)N[C@@H](C(=O)O)CCC(=O)N1C. The number of carbonyl (C=O) groups is 8. The van der Waals surface area contributed by atoms with E-state index in [0.717, 1.165) is 10.5 Å². The van der Waals surface area contributed by atoms with Crippen molar-refractivity contribution in [2.45, 2.75) is 136 Å². The van der Waals surface area contributed by atoms with Crippen molar-refractivity contribution in [2.24, 2.45) is 40.1 Å². The number of nitrogens with two attached hydrogens (primary N) is 2. The first kappa shape index (κ1) is 60.5. The highest BCUT2D eigenvalue weighted by molar-refractivity contribution is 5.99. The second kappa shape index (κ2) is 29.5. The lowest BCUT2D eigenvalue weighted by atomic mass is 9.94. The summed E-state index contributed by atoms with van der Waals surface area (Å²) in [6.45, 7) is 15.1. The van der Waals surface area contributed by atoms with Crippen LogP contribution in [0.3, 0.4) is 0 Å². The summed E-state index contributed by atoms with van der Waals surface area (Å²) >= 11 is 0. The molecule has 22 heteroatoms. The second-order valence-electron chi connectivity index (χ2n) is 18.4. The Bertz CT molecular complexity index is 2110. The standard InChI is InChI=1S/C49H76N10O12/c1-26(2)23-37-46(66)58-40(48(69)70)30(6)42(62)55-35(17-14-22-52-49(50)51)45(65)54-34(19-18-27(3)24-28(4)38(71-10)25-33-15-12-11-13-16-33)29(5)41(61)56-36(47(67)68)20-21-39(60)59(9)32(8)44(64)53-31(7)43(63)57-37/h11-13,15-16,18-19,24,26,28-31,34-38,40,46,58,66H,8,14,17,20-23,25H2,1-7,9-10H3,(H,53,64)(H,54,65)(H,55,62)(H,56,61)(H,57,63)(H,67,68)(H,69,70)(H4,50,51,52)/b19-18+,27-24+/t28-,29-,30-,31+,34-,35-,36+,37-,38-,40+,46-/m0/s1. The number of amides is 6. The van der Waals surface area contributed by atoms with E-state index < -0.39 is 120 Å². The largest absolute Gasteiger partial charge is 0.480 e. The van der Waals surface area contributed by atoms with Gasteiger partial charge in [0.1, 0.15) is 36.1 Å². The van der Waals surface area contributed by atoms with Gasteiger partial charge in [0.15, 0.2) is 5.96 Å². The third-order valence-electron chi connectivity index (χ3n) is 12.1. The monoisotopic (exact) mass is 997 g/mol. The zero-order valence-corrected chi connectivity index (χ0v) is 42.3. The highest BCUT2D eigenvalue weighted by Gasteiger charge is 2.37. The lowest BCUT2D eigenvalue weighted by molar-refractivity contribution is -0.146. The van der Waals surface area contributed by atoms with E-state index in [1.54, 1.807) is 34.0 Å². The molecule has 22 nitrogen and oxygen atoms in total. The van der Waals surface area contributed by atoms with Crippen molar-refractivity contribution in [1.29, 1.82) is 0 Å². The van der Waals surface area contributed by atoms with Crippen LogP contribution in [-0.2, 0) is 49.5 Å². The molecule has 394 valence electrons. The number of methoxy groups -OCH3 is 1. The van der Waals surface area contributed by atoms with E-state index in [-0.39, 0.29) is 49.7 Å². The van der Waals surface area contributed by atoms with Gasteiger partial charge in [-0.25, -0.2) is 4.79 Å². The number of ether oxygens (including phenoxy) is 1. The summed E-state index contributed by atoms with van der Waals surface area (Å²) in [4.78, 5) is 112. The molecule has 1 aliphatic rings. The molecule has 6 amide bonds. The maximum absolute atomic E-state index is 14.4. The van der Waals surface area contributed by atoms with Crippen LogP contribution in [0.4, 0.5) is 0 Å². The van der Waals surface area contributed by atoms with Gasteiger partial charge in [-0.2, -0.15) is 0 Å². The van der Waals surface area contributed by atoms with Crippen molar-refractivity contribution < 1.29 is 58.4 Å². The Hall–Kier alpha value is -6.65. The number of aliphatic hydroxyl groups excluding tert-OH is 1. The van der Waals surface area contributed by atoms with Crippen LogP contribution in [0.15, 0.2) is 71.4 Å². The van der Waals surface area contributed by atoms with Crippen molar-refractivity contribution in [3.8, 4) is 0 Å². The van der Waals surface area contributed by atoms with E-state index in [1.165, 1.54) is 33.9 Å². The van der Waals surface area contributed by atoms with Gasteiger partial charge in [0.05, 0.1) is 30.0 Å². The quantitative estimate of drug-likeness (QED) is 0.0373. The number of nitrogens with one attached hydrogen (secondary N) is 6. The molecule has 0 radical (unpaired) electrons. The Labute approximate surface area is 415 Å². The van der Waals surface area contributed by atoms with Crippen LogP contribution in [-0.4, -0.2) is 143 Å². The minimum absolute atomic E-state index is 0.0360. The maximum atomic E-state index is 14.4. The zero-order chi connectivity index (χ0) is 53.7. The van der Waals surface area contributed by atoms with E-state index in [4.69, 9.17) is 16.2 Å². The Morgan fingerprint density at radius 2 is 1.54 bits per heavy atom. The molecule has 0 saturated carbocycles. The molecule has 0 bridgehead atoms. The first-order valence-electron chi connectivity index (χ1n) is 23.6. The molecule has 1 heterocycles. The molecule has 0 spiro atoms. The number of allylic oxidation sites excluding steroid dienone is 2. The number of rotatable bonds is 15. The van der Waals surface area contributed by atoms with Gasteiger partial charge in [0, 0.05) is 33.0 Å². The molecule has 1 aromatic carbocycles. The lowest BCUT2D eigenvalue weighted by Crippen LogP contribution is -2.60. The molecule has 2 rings (SSSR count). The predicted molar refractivity (Wildman–Crippen MR) is 265 cm³/mol. The summed E-state index contributed by atoms with van der Waals surface area (Å²) < 4.78 is 5.82. The van der Waals surface area contributed by atoms with Gasteiger partial charge in [0.25, 0.3) is 5.91 Å². The maximum Gasteiger partial charge on any atom is 0.326 e. The number of carbonyl (C=O) groups excluding carboxylic acids is 6. The number of hydrogen-bond donors (Lipinski definition) is 11. The highest BCUT2D eigenvalue weighted by atomic mass is 16.5. The highest BCUT2D eigenvalue weighted by Crippen LogP contribution is 2.19. The number of aliphatic carboxylic acids is 2. The molecule has 0 aliphatic carbocycles. The Morgan fingerprint density at radius 3 is 2.11 bits per heavy atom. The molecule has 0 unspecified atom stereocenters. The summed E-state index contributed by atoms with van der Waals surface area (Å²) in [5.41, 5.74) is 12.4. The van der Waals surface area contributed by atoms with Crippen molar-refractivity contribution in [3.05, 3.63) is 72.0 Å².